The van der Waals surface area contributed by atoms with Crippen molar-refractivity contribution in [1.29, 1.82) is 0 Å². The van der Waals surface area contributed by atoms with E-state index in [2.05, 4.69) is 21.2 Å². The first-order valence-corrected chi connectivity index (χ1v) is 7.04. The Morgan fingerprint density at radius 3 is 2.45 bits per heavy atom. The van der Waals surface area contributed by atoms with Crippen LogP contribution in [-0.2, 0) is 0 Å². The van der Waals surface area contributed by atoms with Gasteiger partial charge in [0.15, 0.2) is 0 Å². The molecular weight excluding hydrogens is 325 g/mol. The maximum absolute atomic E-state index is 13.6. The molecule has 0 aliphatic carbocycles. The first kappa shape index (κ1) is 15.1. The normalized spacial score (nSPS) is 12.5. The van der Waals surface area contributed by atoms with Gasteiger partial charge in [0.1, 0.15) is 23.1 Å². The van der Waals surface area contributed by atoms with Crippen LogP contribution in [0.3, 0.4) is 0 Å². The summed E-state index contributed by atoms with van der Waals surface area (Å²) in [5.41, 5.74) is 1.87. The lowest BCUT2D eigenvalue weighted by Crippen LogP contribution is -2.19. The van der Waals surface area contributed by atoms with Crippen LogP contribution in [0.25, 0.3) is 0 Å². The third-order valence-corrected chi connectivity index (χ3v) is 3.87. The van der Waals surface area contributed by atoms with Gasteiger partial charge in [-0.3, -0.25) is 0 Å². The van der Waals surface area contributed by atoms with Crippen molar-refractivity contribution in [2.45, 2.75) is 19.9 Å². The van der Waals surface area contributed by atoms with Crippen molar-refractivity contribution in [3.05, 3.63) is 51.1 Å². The highest BCUT2D eigenvalue weighted by Gasteiger charge is 2.22. The molecule has 0 amide bonds. The summed E-state index contributed by atoms with van der Waals surface area (Å²) in [5.74, 6) is 1.84. The molecule has 5 heteroatoms. The molecule has 0 saturated carbocycles. The monoisotopic (exact) mass is 341 g/mol. The maximum Gasteiger partial charge on any atom is 0.141 e. The maximum atomic E-state index is 13.6. The van der Waals surface area contributed by atoms with E-state index < -0.39 is 0 Å². The second kappa shape index (κ2) is 5.97. The summed E-state index contributed by atoms with van der Waals surface area (Å²) in [6.45, 7) is 3.82. The average Bonchev–Trinajstić information content (AvgIpc) is 2.73. The Hall–Kier alpha value is -1.33. The Bertz CT molecular complexity index is 625. The van der Waals surface area contributed by atoms with E-state index in [4.69, 9.17) is 9.15 Å². The summed E-state index contributed by atoms with van der Waals surface area (Å²) in [7, 11) is 3.38. The molecule has 2 aromatic rings. The quantitative estimate of drug-likeness (QED) is 0.908. The Balaban J connectivity index is 2.57. The van der Waals surface area contributed by atoms with Crippen LogP contribution in [0.1, 0.15) is 28.7 Å². The van der Waals surface area contributed by atoms with Gasteiger partial charge in [-0.15, -0.1) is 0 Å². The second-order valence-corrected chi connectivity index (χ2v) is 5.45. The van der Waals surface area contributed by atoms with Gasteiger partial charge in [-0.1, -0.05) is 0 Å². The van der Waals surface area contributed by atoms with Crippen LogP contribution in [-0.4, -0.2) is 14.2 Å². The van der Waals surface area contributed by atoms with Gasteiger partial charge in [-0.2, -0.15) is 0 Å². The summed E-state index contributed by atoms with van der Waals surface area (Å²) in [6, 6.07) is 4.97. The lowest BCUT2D eigenvalue weighted by Gasteiger charge is -2.19. The number of aryl methyl sites for hydroxylation is 2. The molecule has 108 valence electrons. The van der Waals surface area contributed by atoms with Crippen molar-refractivity contribution in [1.82, 2.24) is 5.32 Å². The highest BCUT2D eigenvalue weighted by Crippen LogP contribution is 2.35. The zero-order valence-electron chi connectivity index (χ0n) is 11.9. The zero-order valence-corrected chi connectivity index (χ0v) is 13.5. The van der Waals surface area contributed by atoms with Gasteiger partial charge < -0.3 is 14.5 Å². The van der Waals surface area contributed by atoms with E-state index in [0.717, 1.165) is 22.6 Å². The van der Waals surface area contributed by atoms with Crippen molar-refractivity contribution >= 4 is 15.9 Å². The van der Waals surface area contributed by atoms with E-state index in [-0.39, 0.29) is 11.9 Å². The second-order valence-electron chi connectivity index (χ2n) is 4.60. The topological polar surface area (TPSA) is 34.4 Å². The molecule has 2 rings (SSSR count). The Kier molecular flexibility index (Phi) is 4.50. The van der Waals surface area contributed by atoms with Crippen LogP contribution in [0.15, 0.2) is 27.1 Å². The molecule has 0 saturated heterocycles. The minimum atomic E-state index is -0.347. The minimum absolute atomic E-state index is 0.126. The van der Waals surface area contributed by atoms with Gasteiger partial charge >= 0.3 is 0 Å². The van der Waals surface area contributed by atoms with Gasteiger partial charge in [0.2, 0.25) is 0 Å². The Morgan fingerprint density at radius 1 is 1.25 bits per heavy atom. The molecule has 1 aromatic carbocycles. The molecule has 20 heavy (non-hydrogen) atoms. The number of nitrogens with one attached hydrogen (secondary N) is 1. The van der Waals surface area contributed by atoms with Crippen LogP contribution >= 0.6 is 15.9 Å². The zero-order chi connectivity index (χ0) is 14.9. The molecule has 1 atom stereocenters. The highest BCUT2D eigenvalue weighted by atomic mass is 79.9. The first-order valence-electron chi connectivity index (χ1n) is 6.25. The Labute approximate surface area is 126 Å². The summed E-state index contributed by atoms with van der Waals surface area (Å²) in [5, 5.41) is 3.23. The number of hydrogen-bond acceptors (Lipinski definition) is 3. The molecule has 0 bridgehead atoms. The fourth-order valence-corrected chi connectivity index (χ4v) is 2.72. The van der Waals surface area contributed by atoms with E-state index in [1.165, 1.54) is 13.2 Å². The van der Waals surface area contributed by atoms with Gasteiger partial charge in [-0.25, -0.2) is 4.39 Å². The van der Waals surface area contributed by atoms with E-state index in [1.807, 2.05) is 27.0 Å². The largest absolute Gasteiger partial charge is 0.496 e. The SMILES string of the molecule is CNC(c1cc(Br)c(F)cc1OC)c1cc(C)oc1C. The van der Waals surface area contributed by atoms with Gasteiger partial charge in [0.05, 0.1) is 17.6 Å². The van der Waals surface area contributed by atoms with Crippen LogP contribution in [0.5, 0.6) is 5.75 Å². The van der Waals surface area contributed by atoms with E-state index >= 15 is 0 Å². The number of rotatable bonds is 4. The van der Waals surface area contributed by atoms with Crippen LogP contribution < -0.4 is 10.1 Å². The predicted octanol–water partition coefficient (Wildman–Crippen LogP) is 4.12. The third kappa shape index (κ3) is 2.74. The third-order valence-electron chi connectivity index (χ3n) is 3.26. The molecule has 0 radical (unpaired) electrons. The molecule has 1 heterocycles. The number of methoxy groups -OCH3 is 1. The molecule has 3 nitrogen and oxygen atoms in total. The predicted molar refractivity (Wildman–Crippen MR) is 79.7 cm³/mol. The summed E-state index contributed by atoms with van der Waals surface area (Å²) >= 11 is 3.22. The molecule has 0 spiro atoms. The Morgan fingerprint density at radius 2 is 1.95 bits per heavy atom. The first-order chi connectivity index (χ1) is 9.47. The number of benzene rings is 1. The summed E-state index contributed by atoms with van der Waals surface area (Å²) in [4.78, 5) is 0. The standard InChI is InChI=1S/C15H17BrFNO2/c1-8-5-10(9(2)20-8)15(18-3)11-6-12(16)13(17)7-14(11)19-4/h5-7,15,18H,1-4H3. The highest BCUT2D eigenvalue weighted by molar-refractivity contribution is 9.10. The van der Waals surface area contributed by atoms with Crippen molar-refractivity contribution in [3.63, 3.8) is 0 Å². The molecule has 1 aromatic heterocycles. The van der Waals surface area contributed by atoms with Crippen molar-refractivity contribution in [2.75, 3.05) is 14.2 Å². The van der Waals surface area contributed by atoms with Crippen molar-refractivity contribution in [3.8, 4) is 5.75 Å². The van der Waals surface area contributed by atoms with Crippen LogP contribution in [0.2, 0.25) is 0 Å². The number of furan rings is 1. The fraction of sp³-hybridized carbons (Fsp3) is 0.333. The summed E-state index contributed by atoms with van der Waals surface area (Å²) in [6.07, 6.45) is 0. The van der Waals surface area contributed by atoms with E-state index in [1.54, 1.807) is 6.07 Å². The smallest absolute Gasteiger partial charge is 0.141 e. The molecule has 1 N–H and O–H groups in total. The number of hydrogen-bond donors (Lipinski definition) is 1. The molecule has 0 aliphatic rings. The van der Waals surface area contributed by atoms with E-state index in [9.17, 15) is 4.39 Å². The van der Waals surface area contributed by atoms with Gasteiger partial charge in [0.25, 0.3) is 0 Å². The fourth-order valence-electron chi connectivity index (χ4n) is 2.36. The van der Waals surface area contributed by atoms with Crippen LogP contribution in [0, 0.1) is 19.7 Å². The number of ether oxygens (including phenoxy) is 1. The lowest BCUT2D eigenvalue weighted by molar-refractivity contribution is 0.401. The molecule has 0 fully saturated rings. The lowest BCUT2D eigenvalue weighted by atomic mass is 9.98. The summed E-state index contributed by atoms with van der Waals surface area (Å²) < 4.78 is 24.9. The van der Waals surface area contributed by atoms with Crippen LogP contribution in [0.4, 0.5) is 4.39 Å². The average molecular weight is 342 g/mol. The number of halogens is 2. The minimum Gasteiger partial charge on any atom is -0.496 e. The molecular formula is C15H17BrFNO2. The van der Waals surface area contributed by atoms with Gasteiger partial charge in [-0.05, 0) is 49.0 Å². The van der Waals surface area contributed by atoms with Crippen molar-refractivity contribution in [2.24, 2.45) is 0 Å². The van der Waals surface area contributed by atoms with Gasteiger partial charge in [0, 0.05) is 17.2 Å². The molecule has 1 unspecified atom stereocenters. The molecule has 0 aliphatic heterocycles. The van der Waals surface area contributed by atoms with E-state index in [0.29, 0.717) is 10.2 Å². The van der Waals surface area contributed by atoms with Crippen molar-refractivity contribution < 1.29 is 13.5 Å².